The molecule has 0 radical (unpaired) electrons. The van der Waals surface area contributed by atoms with Crippen LogP contribution < -0.4 is 37.6 Å². The molecule has 11 N–H and O–H groups in total. The van der Waals surface area contributed by atoms with Crippen LogP contribution in [-0.2, 0) is 35.2 Å². The molecule has 0 bridgehead atoms. The number of hydrogen-bond donors (Lipinski definition) is 12. The summed E-state index contributed by atoms with van der Waals surface area (Å²) in [4.78, 5) is 93.3. The van der Waals surface area contributed by atoms with Gasteiger partial charge in [-0.05, 0) is 12.8 Å². The van der Waals surface area contributed by atoms with E-state index in [0.29, 0.717) is 5.69 Å². The molecule has 18 nitrogen and oxygen atoms in total. The average Bonchev–Trinajstić information content (AvgIpc) is 3.47. The van der Waals surface area contributed by atoms with E-state index in [-0.39, 0.29) is 17.9 Å². The molecule has 0 saturated heterocycles. The molecule has 0 aliphatic heterocycles. The fraction of sp³-hybridized carbons (Fsp3) is 0.583. The number of carbonyl (C=O) groups is 7. The molecule has 1 aromatic heterocycles. The van der Waals surface area contributed by atoms with Gasteiger partial charge in [-0.15, -0.1) is 0 Å². The second kappa shape index (κ2) is 18.6. The Labute approximate surface area is 263 Å². The second-order valence-electron chi connectivity index (χ2n) is 9.88. The number of H-pyrrole nitrogens is 1. The third-order valence-corrected chi connectivity index (χ3v) is 6.80. The Morgan fingerprint density at radius 1 is 0.795 bits per heavy atom. The number of aromatic nitrogens is 2. The fourth-order valence-electron chi connectivity index (χ4n) is 3.57. The normalized spacial score (nSPS) is 15.0. The number of aliphatic hydroxyl groups is 1. The van der Waals surface area contributed by atoms with Gasteiger partial charge in [0.25, 0.3) is 0 Å². The highest BCUT2D eigenvalue weighted by atomic mass is 32.1. The van der Waals surface area contributed by atoms with Gasteiger partial charge in [0.1, 0.15) is 36.3 Å². The van der Waals surface area contributed by atoms with Crippen LogP contribution >= 0.6 is 25.3 Å². The van der Waals surface area contributed by atoms with Crippen LogP contribution in [0.5, 0.6) is 0 Å². The van der Waals surface area contributed by atoms with E-state index in [1.54, 1.807) is 13.8 Å². The molecule has 0 unspecified atom stereocenters. The topological polar surface area (TPSA) is 287 Å². The molecule has 1 aromatic rings. The molecule has 0 aliphatic rings. The summed E-state index contributed by atoms with van der Waals surface area (Å²) in [5.74, 6) is -5.90. The Morgan fingerprint density at radius 3 is 1.82 bits per heavy atom. The van der Waals surface area contributed by atoms with Gasteiger partial charge in [0, 0.05) is 29.8 Å². The van der Waals surface area contributed by atoms with Gasteiger partial charge < -0.3 is 52.8 Å². The minimum Gasteiger partial charge on any atom is -0.465 e. The first-order valence-corrected chi connectivity index (χ1v) is 14.5. The van der Waals surface area contributed by atoms with Crippen LogP contribution in [-0.4, -0.2) is 116 Å². The van der Waals surface area contributed by atoms with E-state index in [0.717, 1.165) is 0 Å². The SMILES string of the molecule is CC(C)[C@H](NC(=O)[C@H](C)NC(=O)[C@H](Cc1cnc[nH]1)NC(=O)[C@H](CS)NC(=O)O)C(=O)N[C@@H](CO)C(=O)N[C@@H](CS)C(N)=O. The second-order valence-corrected chi connectivity index (χ2v) is 10.6. The van der Waals surface area contributed by atoms with Crippen molar-refractivity contribution in [2.75, 3.05) is 18.1 Å². The molecule has 246 valence electrons. The molecular formula is C24H39N9O9S2. The highest BCUT2D eigenvalue weighted by Crippen LogP contribution is 2.05. The maximum atomic E-state index is 13.1. The van der Waals surface area contributed by atoms with Crippen molar-refractivity contribution in [3.8, 4) is 0 Å². The summed E-state index contributed by atoms with van der Waals surface area (Å²) in [5, 5.41) is 32.5. The Hall–Kier alpha value is -4.04. The molecule has 6 atom stereocenters. The van der Waals surface area contributed by atoms with E-state index in [2.05, 4.69) is 61.8 Å². The van der Waals surface area contributed by atoms with Crippen LogP contribution in [0.4, 0.5) is 4.79 Å². The predicted octanol–water partition coefficient (Wildman–Crippen LogP) is -3.97. The number of aromatic amines is 1. The number of thiol groups is 2. The van der Waals surface area contributed by atoms with Crippen molar-refractivity contribution >= 4 is 66.8 Å². The zero-order valence-corrected chi connectivity index (χ0v) is 26.0. The number of nitrogens with two attached hydrogens (primary N) is 1. The zero-order chi connectivity index (χ0) is 33.6. The zero-order valence-electron chi connectivity index (χ0n) is 24.2. The number of nitrogens with one attached hydrogen (secondary N) is 7. The number of nitrogens with zero attached hydrogens (tertiary/aromatic N) is 1. The average molecular weight is 662 g/mol. The summed E-state index contributed by atoms with van der Waals surface area (Å²) >= 11 is 7.88. The van der Waals surface area contributed by atoms with Gasteiger partial charge in [-0.1, -0.05) is 13.8 Å². The van der Waals surface area contributed by atoms with Crippen LogP contribution in [0.15, 0.2) is 12.5 Å². The first kappa shape index (κ1) is 38.0. The first-order chi connectivity index (χ1) is 20.6. The third-order valence-electron chi connectivity index (χ3n) is 6.07. The Balaban J connectivity index is 2.97. The quantitative estimate of drug-likeness (QED) is 0.0678. The molecule has 0 saturated carbocycles. The molecule has 44 heavy (non-hydrogen) atoms. The fourth-order valence-corrected chi connectivity index (χ4v) is 4.10. The largest absolute Gasteiger partial charge is 0.465 e. The van der Waals surface area contributed by atoms with E-state index in [1.165, 1.54) is 19.4 Å². The van der Waals surface area contributed by atoms with Gasteiger partial charge in [-0.2, -0.15) is 25.3 Å². The lowest BCUT2D eigenvalue weighted by molar-refractivity contribution is -0.135. The molecule has 1 rings (SSSR count). The Kier molecular flexibility index (Phi) is 16.0. The van der Waals surface area contributed by atoms with Gasteiger partial charge in [0.05, 0.1) is 12.9 Å². The number of primary amides is 1. The standard InChI is InChI=1S/C24H39N9O9S2/c1-10(2)17(23(40)30-14(6-34)21(38)31-15(7-43)18(25)35)33-19(36)11(3)28-20(37)13(4-12-5-26-9-27-12)29-22(39)16(8-44)32-24(41)42/h5,9-11,13-17,32,34,43-44H,4,6-8H2,1-3H3,(H2,25,35)(H,26,27)(H,28,37)(H,29,39)(H,30,40)(H,31,38)(H,33,36)(H,41,42)/t11-,13-,14-,15-,16-,17-/m0/s1. The first-order valence-electron chi connectivity index (χ1n) is 13.2. The van der Waals surface area contributed by atoms with Crippen molar-refractivity contribution < 1.29 is 43.8 Å². The van der Waals surface area contributed by atoms with Crippen LogP contribution in [0.25, 0.3) is 0 Å². The van der Waals surface area contributed by atoms with E-state index >= 15 is 0 Å². The van der Waals surface area contributed by atoms with Gasteiger partial charge >= 0.3 is 6.09 Å². The summed E-state index contributed by atoms with van der Waals surface area (Å²) in [6.45, 7) is 3.70. The lowest BCUT2D eigenvalue weighted by Gasteiger charge is -2.27. The number of aliphatic hydroxyl groups excluding tert-OH is 1. The van der Waals surface area contributed by atoms with E-state index in [9.17, 15) is 38.7 Å². The summed E-state index contributed by atoms with van der Waals surface area (Å²) in [6, 6.07) is -7.64. The maximum Gasteiger partial charge on any atom is 0.405 e. The van der Waals surface area contributed by atoms with E-state index < -0.39 is 90.3 Å². The highest BCUT2D eigenvalue weighted by Gasteiger charge is 2.33. The van der Waals surface area contributed by atoms with Crippen LogP contribution in [0.2, 0.25) is 0 Å². The van der Waals surface area contributed by atoms with Crippen molar-refractivity contribution in [3.05, 3.63) is 18.2 Å². The lowest BCUT2D eigenvalue weighted by atomic mass is 10.0. The summed E-state index contributed by atoms with van der Waals surface area (Å²) < 4.78 is 0. The van der Waals surface area contributed by atoms with Gasteiger partial charge in [-0.25, -0.2) is 9.78 Å². The molecule has 1 heterocycles. The molecule has 20 heteroatoms. The van der Waals surface area contributed by atoms with Crippen LogP contribution in [0, 0.1) is 5.92 Å². The van der Waals surface area contributed by atoms with Gasteiger partial charge in [0.2, 0.25) is 35.4 Å². The lowest BCUT2D eigenvalue weighted by Crippen LogP contribution is -2.61. The number of amides is 7. The molecular weight excluding hydrogens is 622 g/mol. The summed E-state index contributed by atoms with van der Waals surface area (Å²) in [6.07, 6.45) is 1.20. The third kappa shape index (κ3) is 12.3. The van der Waals surface area contributed by atoms with Crippen LogP contribution in [0.3, 0.4) is 0 Å². The van der Waals surface area contributed by atoms with Crippen molar-refractivity contribution in [1.82, 2.24) is 41.9 Å². The Bertz CT molecular complexity index is 1170. The number of imidazole rings is 1. The van der Waals surface area contributed by atoms with Crippen molar-refractivity contribution in [1.29, 1.82) is 0 Å². The molecule has 0 aliphatic carbocycles. The number of carbonyl (C=O) groups excluding carboxylic acids is 6. The predicted molar refractivity (Wildman–Crippen MR) is 161 cm³/mol. The molecule has 0 spiro atoms. The number of rotatable bonds is 18. The summed E-state index contributed by atoms with van der Waals surface area (Å²) in [7, 11) is 0. The van der Waals surface area contributed by atoms with Crippen molar-refractivity contribution in [2.45, 2.75) is 63.4 Å². The van der Waals surface area contributed by atoms with E-state index in [4.69, 9.17) is 10.8 Å². The molecule has 7 amide bonds. The minimum absolute atomic E-state index is 0.0935. The van der Waals surface area contributed by atoms with Crippen molar-refractivity contribution in [3.63, 3.8) is 0 Å². The van der Waals surface area contributed by atoms with Gasteiger partial charge in [0.15, 0.2) is 0 Å². The number of carboxylic acid groups (broad SMARTS) is 1. The smallest absolute Gasteiger partial charge is 0.405 e. The monoisotopic (exact) mass is 661 g/mol. The number of hydrogen-bond acceptors (Lipinski definition) is 11. The van der Waals surface area contributed by atoms with E-state index in [1.807, 2.05) is 5.32 Å². The van der Waals surface area contributed by atoms with Gasteiger partial charge in [-0.3, -0.25) is 28.8 Å². The maximum absolute atomic E-state index is 13.1. The van der Waals surface area contributed by atoms with Crippen LogP contribution in [0.1, 0.15) is 26.5 Å². The molecule has 0 fully saturated rings. The Morgan fingerprint density at radius 2 is 1.34 bits per heavy atom. The highest BCUT2D eigenvalue weighted by molar-refractivity contribution is 7.80. The minimum atomic E-state index is -1.48. The molecule has 0 aromatic carbocycles. The van der Waals surface area contributed by atoms with Crippen molar-refractivity contribution in [2.24, 2.45) is 11.7 Å². The summed E-state index contributed by atoms with van der Waals surface area (Å²) in [5.41, 5.74) is 5.63.